The van der Waals surface area contributed by atoms with E-state index in [2.05, 4.69) is 0 Å². The van der Waals surface area contributed by atoms with E-state index in [-0.39, 0.29) is 0 Å². The van der Waals surface area contributed by atoms with Crippen LogP contribution >= 0.6 is 0 Å². The van der Waals surface area contributed by atoms with Crippen LogP contribution in [0.4, 0.5) is 8.78 Å². The van der Waals surface area contributed by atoms with E-state index in [1.54, 1.807) is 24.3 Å². The van der Waals surface area contributed by atoms with Crippen molar-refractivity contribution in [2.24, 2.45) is 0 Å². The van der Waals surface area contributed by atoms with Crippen LogP contribution in [0.15, 0.2) is 24.3 Å². The van der Waals surface area contributed by atoms with E-state index in [0.29, 0.717) is 11.1 Å². The van der Waals surface area contributed by atoms with Gasteiger partial charge in [-0.2, -0.15) is 0 Å². The first-order valence-electron chi connectivity index (χ1n) is 3.99. The summed E-state index contributed by atoms with van der Waals surface area (Å²) in [4.78, 5) is 0. The van der Waals surface area contributed by atoms with Gasteiger partial charge >= 0.3 is 0 Å². The molecule has 0 aliphatic carbocycles. The molecule has 1 rings (SSSR count). The second kappa shape index (κ2) is 3.65. The number of rotatable bonds is 2. The molecule has 0 heterocycles. The molecule has 0 bridgehead atoms. The molecule has 2 unspecified atom stereocenters. The maximum atomic E-state index is 12.8. The first kappa shape index (κ1) is 9.17. The van der Waals surface area contributed by atoms with E-state index in [1.807, 2.05) is 0 Å². The minimum Gasteiger partial charge on any atom is -0.243 e. The zero-order valence-electron chi connectivity index (χ0n) is 7.22. The van der Waals surface area contributed by atoms with Crippen LogP contribution in [0.1, 0.15) is 37.3 Å². The van der Waals surface area contributed by atoms with Crippen LogP contribution < -0.4 is 0 Å². The van der Waals surface area contributed by atoms with Crippen molar-refractivity contribution in [1.82, 2.24) is 0 Å². The molecule has 0 saturated carbocycles. The molecule has 66 valence electrons. The topological polar surface area (TPSA) is 0 Å². The summed E-state index contributed by atoms with van der Waals surface area (Å²) in [6, 6.07) is 6.57. The van der Waals surface area contributed by atoms with Crippen LogP contribution in [0.3, 0.4) is 0 Å². The van der Waals surface area contributed by atoms with E-state index < -0.39 is 12.3 Å². The molecule has 2 heteroatoms. The summed E-state index contributed by atoms with van der Waals surface area (Å²) >= 11 is 0. The molecule has 12 heavy (non-hydrogen) atoms. The minimum absolute atomic E-state index is 0.539. The van der Waals surface area contributed by atoms with E-state index in [9.17, 15) is 8.78 Å². The highest BCUT2D eigenvalue weighted by Gasteiger charge is 2.06. The van der Waals surface area contributed by atoms with Crippen molar-refractivity contribution >= 4 is 0 Å². The van der Waals surface area contributed by atoms with E-state index in [0.717, 1.165) is 0 Å². The highest BCUT2D eigenvalue weighted by molar-refractivity contribution is 5.26. The molecule has 0 amide bonds. The molecule has 0 saturated heterocycles. The summed E-state index contributed by atoms with van der Waals surface area (Å²) in [5.74, 6) is 0. The third-order valence-electron chi connectivity index (χ3n) is 1.83. The van der Waals surface area contributed by atoms with Crippen molar-refractivity contribution in [3.63, 3.8) is 0 Å². The Hall–Kier alpha value is -0.920. The highest BCUT2D eigenvalue weighted by atomic mass is 19.1. The van der Waals surface area contributed by atoms with Crippen molar-refractivity contribution in [3.05, 3.63) is 35.4 Å². The molecule has 1 aromatic rings. The quantitative estimate of drug-likeness (QED) is 0.634. The smallest absolute Gasteiger partial charge is 0.122 e. The predicted octanol–water partition coefficient (Wildman–Crippen LogP) is 3.75. The van der Waals surface area contributed by atoms with Gasteiger partial charge in [-0.3, -0.25) is 0 Å². The van der Waals surface area contributed by atoms with Gasteiger partial charge in [0.05, 0.1) is 0 Å². The summed E-state index contributed by atoms with van der Waals surface area (Å²) in [6.45, 7) is 2.89. The van der Waals surface area contributed by atoms with Gasteiger partial charge in [0.1, 0.15) is 12.3 Å². The zero-order chi connectivity index (χ0) is 9.14. The highest BCUT2D eigenvalue weighted by Crippen LogP contribution is 2.22. The second-order valence-corrected chi connectivity index (χ2v) is 2.90. The van der Waals surface area contributed by atoms with Crippen LogP contribution in [0.25, 0.3) is 0 Å². The number of hydrogen-bond acceptors (Lipinski definition) is 0. The third kappa shape index (κ3) is 2.03. The molecule has 0 aliphatic heterocycles. The van der Waals surface area contributed by atoms with Gasteiger partial charge in [-0.1, -0.05) is 24.3 Å². The number of alkyl halides is 2. The molecule has 0 N–H and O–H groups in total. The first-order valence-corrected chi connectivity index (χ1v) is 3.99. The van der Waals surface area contributed by atoms with Crippen LogP contribution in [-0.2, 0) is 0 Å². The summed E-state index contributed by atoms with van der Waals surface area (Å²) in [6.07, 6.45) is -2.05. The Morgan fingerprint density at radius 3 is 1.75 bits per heavy atom. The van der Waals surface area contributed by atoms with Gasteiger partial charge in [0.15, 0.2) is 0 Å². The average Bonchev–Trinajstić information content (AvgIpc) is 2.04. The molecule has 1 aromatic carbocycles. The summed E-state index contributed by atoms with van der Waals surface area (Å²) in [5.41, 5.74) is 1.08. The molecule has 2 atom stereocenters. The van der Waals surface area contributed by atoms with Crippen molar-refractivity contribution in [2.45, 2.75) is 26.2 Å². The Labute approximate surface area is 71.2 Å². The fraction of sp³-hybridized carbons (Fsp3) is 0.400. The Balaban J connectivity index is 2.96. The lowest BCUT2D eigenvalue weighted by atomic mass is 10.1. The van der Waals surface area contributed by atoms with Gasteiger partial charge in [-0.05, 0) is 25.0 Å². The molecule has 0 aromatic heterocycles. The maximum Gasteiger partial charge on any atom is 0.122 e. The summed E-state index contributed by atoms with van der Waals surface area (Å²) in [7, 11) is 0. The van der Waals surface area contributed by atoms with Crippen molar-refractivity contribution in [3.8, 4) is 0 Å². The van der Waals surface area contributed by atoms with Gasteiger partial charge in [0.25, 0.3) is 0 Å². The lowest BCUT2D eigenvalue weighted by Crippen LogP contribution is -1.90. The Bertz CT molecular complexity index is 231. The molecular weight excluding hydrogens is 158 g/mol. The second-order valence-electron chi connectivity index (χ2n) is 2.90. The molecule has 0 nitrogen and oxygen atoms in total. The Morgan fingerprint density at radius 2 is 1.42 bits per heavy atom. The SMILES string of the molecule is CC(F)c1cccc(C(C)F)c1. The Kier molecular flexibility index (Phi) is 2.79. The fourth-order valence-electron chi connectivity index (χ4n) is 1.05. The molecular formula is C10H12F2. The average molecular weight is 170 g/mol. The van der Waals surface area contributed by atoms with Crippen LogP contribution in [0.2, 0.25) is 0 Å². The maximum absolute atomic E-state index is 12.8. The van der Waals surface area contributed by atoms with Gasteiger partial charge in [0.2, 0.25) is 0 Å². The lowest BCUT2D eigenvalue weighted by molar-refractivity contribution is 0.364. The van der Waals surface area contributed by atoms with Gasteiger partial charge in [-0.15, -0.1) is 0 Å². The first-order chi connectivity index (χ1) is 5.61. The Morgan fingerprint density at radius 1 is 1.00 bits per heavy atom. The summed E-state index contributed by atoms with van der Waals surface area (Å²) in [5, 5.41) is 0. The van der Waals surface area contributed by atoms with Crippen LogP contribution in [-0.4, -0.2) is 0 Å². The van der Waals surface area contributed by atoms with E-state index in [1.165, 1.54) is 13.8 Å². The van der Waals surface area contributed by atoms with Crippen LogP contribution in [0.5, 0.6) is 0 Å². The van der Waals surface area contributed by atoms with E-state index in [4.69, 9.17) is 0 Å². The molecule has 0 fully saturated rings. The fourth-order valence-corrected chi connectivity index (χ4v) is 1.05. The lowest BCUT2D eigenvalue weighted by Gasteiger charge is -2.06. The largest absolute Gasteiger partial charge is 0.243 e. The predicted molar refractivity (Wildman–Crippen MR) is 45.5 cm³/mol. The van der Waals surface area contributed by atoms with Crippen molar-refractivity contribution < 1.29 is 8.78 Å². The van der Waals surface area contributed by atoms with Crippen molar-refractivity contribution in [1.29, 1.82) is 0 Å². The third-order valence-corrected chi connectivity index (χ3v) is 1.83. The van der Waals surface area contributed by atoms with Gasteiger partial charge in [-0.25, -0.2) is 8.78 Å². The number of halogens is 2. The normalized spacial score (nSPS) is 15.7. The summed E-state index contributed by atoms with van der Waals surface area (Å²) < 4.78 is 25.5. The molecule has 0 radical (unpaired) electrons. The number of hydrogen-bond donors (Lipinski definition) is 0. The van der Waals surface area contributed by atoms with Crippen LogP contribution in [0, 0.1) is 0 Å². The van der Waals surface area contributed by atoms with Gasteiger partial charge < -0.3 is 0 Å². The number of benzene rings is 1. The molecule has 0 aliphatic rings. The van der Waals surface area contributed by atoms with E-state index >= 15 is 0 Å². The van der Waals surface area contributed by atoms with Gasteiger partial charge in [0, 0.05) is 0 Å². The monoisotopic (exact) mass is 170 g/mol. The molecule has 0 spiro atoms. The zero-order valence-corrected chi connectivity index (χ0v) is 7.22. The standard InChI is InChI=1S/C10H12F2/c1-7(11)9-4-3-5-10(6-9)8(2)12/h3-8H,1-2H3. The van der Waals surface area contributed by atoms with Crippen molar-refractivity contribution in [2.75, 3.05) is 0 Å². The minimum atomic E-state index is -1.02.